The molecule has 0 radical (unpaired) electrons. The molecule has 0 fully saturated rings. The molecule has 7 heteroatoms. The number of nitrogens with zero attached hydrogens (tertiary/aromatic N) is 1. The van der Waals surface area contributed by atoms with Gasteiger partial charge in [-0.1, -0.05) is 30.3 Å². The number of carbonyl (C=O) groups excluding carboxylic acids is 1. The third-order valence-electron chi connectivity index (χ3n) is 3.97. The second-order valence-corrected chi connectivity index (χ2v) is 7.55. The maximum Gasteiger partial charge on any atom is 0.255 e. The van der Waals surface area contributed by atoms with Gasteiger partial charge in [-0.05, 0) is 30.2 Å². The number of hydrogen-bond donors (Lipinski definition) is 2. The highest BCUT2D eigenvalue weighted by Crippen LogP contribution is 2.29. The summed E-state index contributed by atoms with van der Waals surface area (Å²) >= 11 is 0. The van der Waals surface area contributed by atoms with E-state index < -0.39 is 15.9 Å². The highest BCUT2D eigenvalue weighted by atomic mass is 32.2. The first-order valence-electron chi connectivity index (χ1n) is 7.63. The van der Waals surface area contributed by atoms with Gasteiger partial charge in [0.05, 0.1) is 17.0 Å². The number of nitrogens with one attached hydrogen (secondary N) is 1. The van der Waals surface area contributed by atoms with Crippen LogP contribution < -0.4 is 9.62 Å². The lowest BCUT2D eigenvalue weighted by Crippen LogP contribution is -2.37. The summed E-state index contributed by atoms with van der Waals surface area (Å²) in [7, 11) is -3.51. The van der Waals surface area contributed by atoms with Crippen LogP contribution in [0.5, 0.6) is 5.75 Å². The number of benzene rings is 2. The summed E-state index contributed by atoms with van der Waals surface area (Å²) in [6.07, 6.45) is 0.694. The Bertz CT molecular complexity index is 864. The van der Waals surface area contributed by atoms with Crippen molar-refractivity contribution in [1.29, 1.82) is 0 Å². The highest BCUT2D eigenvalue weighted by molar-refractivity contribution is 7.92. The zero-order chi connectivity index (χ0) is 17.2. The van der Waals surface area contributed by atoms with Gasteiger partial charge >= 0.3 is 0 Å². The minimum atomic E-state index is -3.51. The average Bonchev–Trinajstić information content (AvgIpc) is 3.00. The maximum atomic E-state index is 12.5. The van der Waals surface area contributed by atoms with Gasteiger partial charge in [-0.3, -0.25) is 9.10 Å². The predicted molar refractivity (Wildman–Crippen MR) is 91.7 cm³/mol. The lowest BCUT2D eigenvalue weighted by atomic mass is 10.2. The van der Waals surface area contributed by atoms with Crippen LogP contribution >= 0.6 is 0 Å². The van der Waals surface area contributed by atoms with E-state index in [2.05, 4.69) is 5.32 Å². The Balaban J connectivity index is 1.63. The van der Waals surface area contributed by atoms with E-state index in [4.69, 9.17) is 0 Å². The molecule has 0 bridgehead atoms. The molecule has 3 rings (SSSR count). The molecular weight excluding hydrogens is 328 g/mol. The molecule has 0 saturated carbocycles. The van der Waals surface area contributed by atoms with E-state index in [1.165, 1.54) is 16.4 Å². The normalized spacial score (nSPS) is 13.6. The Morgan fingerprint density at radius 2 is 1.83 bits per heavy atom. The largest absolute Gasteiger partial charge is 0.507 e. The van der Waals surface area contributed by atoms with E-state index >= 15 is 0 Å². The van der Waals surface area contributed by atoms with Crippen LogP contribution in [0.1, 0.15) is 15.9 Å². The smallest absolute Gasteiger partial charge is 0.255 e. The van der Waals surface area contributed by atoms with Crippen LogP contribution in [0.15, 0.2) is 48.5 Å². The molecule has 126 valence electrons. The van der Waals surface area contributed by atoms with Crippen LogP contribution in [0, 0.1) is 0 Å². The van der Waals surface area contributed by atoms with Crippen LogP contribution in [0.25, 0.3) is 0 Å². The quantitative estimate of drug-likeness (QED) is 0.859. The summed E-state index contributed by atoms with van der Waals surface area (Å²) in [4.78, 5) is 12.0. The molecule has 6 nitrogen and oxygen atoms in total. The number of fused-ring (bicyclic) bond motifs is 1. The number of amides is 1. The van der Waals surface area contributed by atoms with Crippen molar-refractivity contribution in [3.63, 3.8) is 0 Å². The molecule has 0 aliphatic carbocycles. The van der Waals surface area contributed by atoms with Crippen molar-refractivity contribution in [2.24, 2.45) is 0 Å². The van der Waals surface area contributed by atoms with Gasteiger partial charge in [-0.15, -0.1) is 0 Å². The maximum absolute atomic E-state index is 12.5. The second-order valence-electron chi connectivity index (χ2n) is 5.54. The fraction of sp³-hybridized carbons (Fsp3) is 0.235. The molecule has 1 amide bonds. The van der Waals surface area contributed by atoms with E-state index in [0.717, 1.165) is 5.56 Å². The molecule has 2 aromatic rings. The van der Waals surface area contributed by atoms with Crippen molar-refractivity contribution in [1.82, 2.24) is 5.32 Å². The highest BCUT2D eigenvalue weighted by Gasteiger charge is 2.28. The number of phenolic OH excluding ortho intramolecular Hbond substituents is 1. The van der Waals surface area contributed by atoms with Crippen LogP contribution in [-0.4, -0.2) is 38.3 Å². The van der Waals surface area contributed by atoms with Gasteiger partial charge in [-0.25, -0.2) is 8.42 Å². The molecule has 1 heterocycles. The molecular formula is C17H18N2O4S. The first kappa shape index (κ1) is 16.3. The zero-order valence-corrected chi connectivity index (χ0v) is 13.8. The van der Waals surface area contributed by atoms with Crippen molar-refractivity contribution in [3.05, 3.63) is 59.7 Å². The molecule has 1 aliphatic heterocycles. The number of carbonyl (C=O) groups is 1. The summed E-state index contributed by atoms with van der Waals surface area (Å²) in [5.41, 5.74) is 1.85. The fourth-order valence-corrected chi connectivity index (χ4v) is 4.19. The summed E-state index contributed by atoms with van der Waals surface area (Å²) in [5, 5.41) is 12.2. The van der Waals surface area contributed by atoms with Crippen molar-refractivity contribution in [2.75, 3.05) is 23.1 Å². The SMILES string of the molecule is O=C(NCCS(=O)(=O)N1CCc2ccccc21)c1ccccc1O. The van der Waals surface area contributed by atoms with Gasteiger partial charge in [0.2, 0.25) is 10.0 Å². The third kappa shape index (κ3) is 3.21. The standard InChI is InChI=1S/C17H18N2O4S/c20-16-8-4-2-6-14(16)17(21)18-10-12-24(22,23)19-11-9-13-5-1-3-7-15(13)19/h1-8,20H,9-12H2,(H,18,21). The first-order chi connectivity index (χ1) is 11.5. The minimum Gasteiger partial charge on any atom is -0.507 e. The number of aromatic hydroxyl groups is 1. The summed E-state index contributed by atoms with van der Waals surface area (Å²) in [6, 6.07) is 13.6. The summed E-state index contributed by atoms with van der Waals surface area (Å²) in [5.74, 6) is -0.822. The molecule has 2 N–H and O–H groups in total. The Kier molecular flexibility index (Phi) is 4.44. The Labute approximate surface area is 140 Å². The number of anilines is 1. The first-order valence-corrected chi connectivity index (χ1v) is 9.24. The lowest BCUT2D eigenvalue weighted by molar-refractivity contribution is 0.0953. The van der Waals surface area contributed by atoms with Gasteiger partial charge < -0.3 is 10.4 Å². The summed E-state index contributed by atoms with van der Waals surface area (Å²) < 4.78 is 26.4. The van der Waals surface area contributed by atoms with Crippen LogP contribution in [0.3, 0.4) is 0 Å². The molecule has 0 saturated heterocycles. The van der Waals surface area contributed by atoms with E-state index in [-0.39, 0.29) is 23.6 Å². The van der Waals surface area contributed by atoms with Crippen molar-refractivity contribution in [3.8, 4) is 5.75 Å². The lowest BCUT2D eigenvalue weighted by Gasteiger charge is -2.19. The van der Waals surface area contributed by atoms with E-state index in [1.807, 2.05) is 18.2 Å². The average molecular weight is 346 g/mol. The number of rotatable bonds is 5. The topological polar surface area (TPSA) is 86.7 Å². The van der Waals surface area contributed by atoms with Crippen molar-refractivity contribution in [2.45, 2.75) is 6.42 Å². The number of sulfonamides is 1. The Morgan fingerprint density at radius 3 is 2.62 bits per heavy atom. The predicted octanol–water partition coefficient (Wildman–Crippen LogP) is 1.51. The summed E-state index contributed by atoms with van der Waals surface area (Å²) in [6.45, 7) is 0.406. The molecule has 1 aliphatic rings. The Hall–Kier alpha value is -2.54. The van der Waals surface area contributed by atoms with Gasteiger partial charge in [0.15, 0.2) is 0 Å². The van der Waals surface area contributed by atoms with Crippen LogP contribution in [-0.2, 0) is 16.4 Å². The molecule has 0 unspecified atom stereocenters. The molecule has 24 heavy (non-hydrogen) atoms. The van der Waals surface area contributed by atoms with E-state index in [1.54, 1.807) is 18.2 Å². The third-order valence-corrected chi connectivity index (χ3v) is 5.75. The van der Waals surface area contributed by atoms with Crippen LogP contribution in [0.2, 0.25) is 0 Å². The van der Waals surface area contributed by atoms with Crippen molar-refractivity contribution < 1.29 is 18.3 Å². The van der Waals surface area contributed by atoms with Gasteiger partial charge in [-0.2, -0.15) is 0 Å². The molecule has 0 spiro atoms. The van der Waals surface area contributed by atoms with E-state index in [0.29, 0.717) is 18.7 Å². The molecule has 2 aromatic carbocycles. The van der Waals surface area contributed by atoms with Gasteiger partial charge in [0.25, 0.3) is 5.91 Å². The number of phenols is 1. The van der Waals surface area contributed by atoms with E-state index in [9.17, 15) is 18.3 Å². The monoisotopic (exact) mass is 346 g/mol. The Morgan fingerprint density at radius 1 is 1.12 bits per heavy atom. The van der Waals surface area contributed by atoms with Crippen LogP contribution in [0.4, 0.5) is 5.69 Å². The fourth-order valence-electron chi connectivity index (χ4n) is 2.76. The van der Waals surface area contributed by atoms with Gasteiger partial charge in [0, 0.05) is 13.1 Å². The minimum absolute atomic E-state index is 0.0197. The number of hydrogen-bond acceptors (Lipinski definition) is 4. The number of para-hydroxylation sites is 2. The second kappa shape index (κ2) is 6.52. The zero-order valence-electron chi connectivity index (χ0n) is 13.0. The van der Waals surface area contributed by atoms with Gasteiger partial charge in [0.1, 0.15) is 5.75 Å². The molecule has 0 aromatic heterocycles. The van der Waals surface area contributed by atoms with Crippen molar-refractivity contribution >= 4 is 21.6 Å². The molecule has 0 atom stereocenters.